The molecule has 1 aliphatic heterocycles. The lowest BCUT2D eigenvalue weighted by Gasteiger charge is -2.44. The van der Waals surface area contributed by atoms with Crippen molar-refractivity contribution in [2.24, 2.45) is 5.92 Å². The van der Waals surface area contributed by atoms with E-state index in [1.807, 2.05) is 14.1 Å². The quantitative estimate of drug-likeness (QED) is 0.802. The summed E-state index contributed by atoms with van der Waals surface area (Å²) >= 11 is 0. The maximum absolute atomic E-state index is 13.1. The molecule has 2 aromatic rings. The standard InChI is InChI=1S/C22H27FN4O3/c1-26(2)22-10-3-4-14(12-22)9-11-27-20(30)18(28)17(25-21(22)27)19(29)24-13-15-5-7-16(23)8-6-15/h5-8,14,28H,3-4,9-13H2,1-2H3,(H,24,29). The highest BCUT2D eigenvalue weighted by Gasteiger charge is 2.45. The minimum Gasteiger partial charge on any atom is -0.501 e. The van der Waals surface area contributed by atoms with Crippen LogP contribution in [0, 0.1) is 11.7 Å². The Hall–Kier alpha value is -2.74. The van der Waals surface area contributed by atoms with E-state index in [-0.39, 0.29) is 18.1 Å². The van der Waals surface area contributed by atoms with Crippen molar-refractivity contribution in [1.29, 1.82) is 0 Å². The smallest absolute Gasteiger partial charge is 0.296 e. The van der Waals surface area contributed by atoms with Crippen LogP contribution in [0.1, 0.15) is 54.0 Å². The number of carbonyl (C=O) groups is 1. The highest BCUT2D eigenvalue weighted by atomic mass is 19.1. The lowest BCUT2D eigenvalue weighted by molar-refractivity contribution is 0.0638. The van der Waals surface area contributed by atoms with Crippen LogP contribution in [-0.2, 0) is 18.6 Å². The van der Waals surface area contributed by atoms with E-state index >= 15 is 0 Å². The number of nitrogens with one attached hydrogen (secondary N) is 1. The van der Waals surface area contributed by atoms with Crippen LogP contribution in [0.3, 0.4) is 0 Å². The second-order valence-corrected chi connectivity index (χ2v) is 8.58. The number of aromatic nitrogens is 2. The Bertz CT molecular complexity index is 1020. The van der Waals surface area contributed by atoms with Crippen LogP contribution < -0.4 is 10.9 Å². The number of carbonyl (C=O) groups excluding carboxylic acids is 1. The summed E-state index contributed by atoms with van der Waals surface area (Å²) in [5.41, 5.74) is -0.548. The van der Waals surface area contributed by atoms with Crippen LogP contribution in [0.2, 0.25) is 0 Å². The third-order valence-electron chi connectivity index (χ3n) is 6.59. The SMILES string of the molecule is CN(C)C12CCCC(CCn3c1nc(C(=O)NCc1ccc(F)cc1)c(O)c3=O)C2. The van der Waals surface area contributed by atoms with Crippen molar-refractivity contribution < 1.29 is 14.3 Å². The van der Waals surface area contributed by atoms with E-state index in [2.05, 4.69) is 15.2 Å². The first-order valence-corrected chi connectivity index (χ1v) is 10.4. The molecule has 7 nitrogen and oxygen atoms in total. The third kappa shape index (κ3) is 3.49. The Labute approximate surface area is 174 Å². The topological polar surface area (TPSA) is 87.5 Å². The summed E-state index contributed by atoms with van der Waals surface area (Å²) in [5, 5.41) is 13.2. The number of aromatic hydroxyl groups is 1. The van der Waals surface area contributed by atoms with Gasteiger partial charge in [0.25, 0.3) is 11.5 Å². The molecule has 0 saturated heterocycles. The molecule has 30 heavy (non-hydrogen) atoms. The lowest BCUT2D eigenvalue weighted by Crippen LogP contribution is -2.48. The van der Waals surface area contributed by atoms with Crippen LogP contribution in [0.4, 0.5) is 4.39 Å². The zero-order chi connectivity index (χ0) is 21.5. The van der Waals surface area contributed by atoms with E-state index in [1.165, 1.54) is 12.1 Å². The fourth-order valence-corrected chi connectivity index (χ4v) is 4.87. The zero-order valence-corrected chi connectivity index (χ0v) is 17.3. The molecule has 1 fully saturated rings. The molecule has 8 heteroatoms. The molecule has 1 aromatic heterocycles. The highest BCUT2D eigenvalue weighted by molar-refractivity contribution is 5.94. The van der Waals surface area contributed by atoms with E-state index in [1.54, 1.807) is 16.7 Å². The van der Waals surface area contributed by atoms with Crippen LogP contribution in [0.5, 0.6) is 5.75 Å². The van der Waals surface area contributed by atoms with Crippen LogP contribution in [0.15, 0.2) is 29.1 Å². The number of rotatable bonds is 4. The van der Waals surface area contributed by atoms with Crippen molar-refractivity contribution in [3.05, 3.63) is 57.5 Å². The molecule has 2 unspecified atom stereocenters. The summed E-state index contributed by atoms with van der Waals surface area (Å²) in [6.45, 7) is 0.631. The van der Waals surface area contributed by atoms with Gasteiger partial charge >= 0.3 is 0 Å². The van der Waals surface area contributed by atoms with Crippen LogP contribution in [0.25, 0.3) is 0 Å². The predicted molar refractivity (Wildman–Crippen MR) is 110 cm³/mol. The minimum atomic E-state index is -0.624. The monoisotopic (exact) mass is 414 g/mol. The van der Waals surface area contributed by atoms with Crippen molar-refractivity contribution in [3.8, 4) is 5.75 Å². The van der Waals surface area contributed by atoms with E-state index in [9.17, 15) is 19.1 Å². The van der Waals surface area contributed by atoms with Gasteiger partial charge in [0.05, 0.1) is 5.54 Å². The largest absolute Gasteiger partial charge is 0.501 e. The molecule has 0 spiro atoms. The zero-order valence-electron chi connectivity index (χ0n) is 17.3. The number of amides is 1. The Morgan fingerprint density at radius 3 is 2.77 bits per heavy atom. The molecule has 2 N–H and O–H groups in total. The molecule has 1 aliphatic carbocycles. The second kappa shape index (κ2) is 7.83. The first kappa shape index (κ1) is 20.5. The second-order valence-electron chi connectivity index (χ2n) is 8.58. The summed E-state index contributed by atoms with van der Waals surface area (Å²) in [6.07, 6.45) is 4.75. The third-order valence-corrected chi connectivity index (χ3v) is 6.59. The summed E-state index contributed by atoms with van der Waals surface area (Å²) in [6, 6.07) is 5.76. The fourth-order valence-electron chi connectivity index (χ4n) is 4.87. The van der Waals surface area contributed by atoms with Gasteiger partial charge in [0.15, 0.2) is 5.69 Å². The van der Waals surface area contributed by atoms with Gasteiger partial charge in [0.1, 0.15) is 11.6 Å². The molecule has 1 amide bonds. The summed E-state index contributed by atoms with van der Waals surface area (Å²) < 4.78 is 14.6. The molecule has 1 saturated carbocycles. The van der Waals surface area contributed by atoms with Gasteiger partial charge in [0, 0.05) is 13.1 Å². The molecule has 160 valence electrons. The number of hydrogen-bond donors (Lipinski definition) is 2. The summed E-state index contributed by atoms with van der Waals surface area (Å²) in [4.78, 5) is 32.5. The Morgan fingerprint density at radius 1 is 1.33 bits per heavy atom. The van der Waals surface area contributed by atoms with E-state index in [0.717, 1.165) is 32.1 Å². The summed E-state index contributed by atoms with van der Waals surface area (Å²) in [7, 11) is 3.96. The molecule has 2 atom stereocenters. The van der Waals surface area contributed by atoms with Gasteiger partial charge in [-0.2, -0.15) is 0 Å². The van der Waals surface area contributed by atoms with Crippen molar-refractivity contribution in [1.82, 2.24) is 19.8 Å². The van der Waals surface area contributed by atoms with E-state index in [4.69, 9.17) is 0 Å². The maximum Gasteiger partial charge on any atom is 0.296 e. The van der Waals surface area contributed by atoms with Crippen molar-refractivity contribution in [2.75, 3.05) is 14.1 Å². The van der Waals surface area contributed by atoms with Gasteiger partial charge in [-0.1, -0.05) is 25.0 Å². The number of nitrogens with zero attached hydrogens (tertiary/aromatic N) is 3. The number of benzene rings is 1. The Kier molecular flexibility index (Phi) is 5.36. The molecular formula is C22H27FN4O3. The fraction of sp³-hybridized carbons (Fsp3) is 0.500. The number of fused-ring (bicyclic) bond motifs is 4. The van der Waals surface area contributed by atoms with E-state index in [0.29, 0.717) is 23.9 Å². The normalized spacial score (nSPS) is 23.0. The average Bonchev–Trinajstić information content (AvgIpc) is 2.84. The van der Waals surface area contributed by atoms with Gasteiger partial charge in [-0.15, -0.1) is 0 Å². The number of hydrogen-bond acceptors (Lipinski definition) is 5. The van der Waals surface area contributed by atoms with Crippen molar-refractivity contribution in [2.45, 2.75) is 50.7 Å². The molecule has 2 heterocycles. The summed E-state index contributed by atoms with van der Waals surface area (Å²) in [5.74, 6) is -0.559. The highest BCUT2D eigenvalue weighted by Crippen LogP contribution is 2.45. The maximum atomic E-state index is 13.1. The van der Waals surface area contributed by atoms with Crippen LogP contribution in [-0.4, -0.2) is 39.6 Å². The number of halogens is 1. The molecule has 0 radical (unpaired) electrons. The van der Waals surface area contributed by atoms with Crippen molar-refractivity contribution >= 4 is 5.91 Å². The molecule has 2 bridgehead atoms. The molecule has 1 aromatic carbocycles. The molecule has 4 rings (SSSR count). The van der Waals surface area contributed by atoms with Gasteiger partial charge in [-0.05, 0) is 57.0 Å². The van der Waals surface area contributed by atoms with Crippen LogP contribution >= 0.6 is 0 Å². The lowest BCUT2D eigenvalue weighted by atomic mass is 9.74. The molecule has 2 aliphatic rings. The van der Waals surface area contributed by atoms with Crippen molar-refractivity contribution in [3.63, 3.8) is 0 Å². The average molecular weight is 414 g/mol. The van der Waals surface area contributed by atoms with Gasteiger partial charge in [-0.25, -0.2) is 9.37 Å². The minimum absolute atomic E-state index is 0.138. The Balaban J connectivity index is 1.71. The Morgan fingerprint density at radius 2 is 2.07 bits per heavy atom. The first-order valence-electron chi connectivity index (χ1n) is 10.4. The van der Waals surface area contributed by atoms with Gasteiger partial charge in [-0.3, -0.25) is 19.1 Å². The predicted octanol–water partition coefficient (Wildman–Crippen LogP) is 2.37. The first-order chi connectivity index (χ1) is 14.3. The van der Waals surface area contributed by atoms with Gasteiger partial charge in [0.2, 0.25) is 5.75 Å². The molecular weight excluding hydrogens is 387 g/mol. The van der Waals surface area contributed by atoms with Gasteiger partial charge < -0.3 is 10.4 Å². The van der Waals surface area contributed by atoms with E-state index < -0.39 is 22.8 Å².